The van der Waals surface area contributed by atoms with Gasteiger partial charge in [0, 0.05) is 17.3 Å². The third kappa shape index (κ3) is 1.85. The Kier molecular flexibility index (Phi) is 2.37. The van der Waals surface area contributed by atoms with Crippen molar-refractivity contribution in [2.45, 2.75) is 6.54 Å². The fourth-order valence-corrected chi connectivity index (χ4v) is 1.96. The maximum absolute atomic E-state index is 10.6. The van der Waals surface area contributed by atoms with E-state index in [1.54, 1.807) is 29.8 Å². The summed E-state index contributed by atoms with van der Waals surface area (Å²) in [6.45, 7) is 0.741. The van der Waals surface area contributed by atoms with Crippen LogP contribution in [-0.2, 0) is 6.54 Å². The minimum atomic E-state index is -0.880. The van der Waals surface area contributed by atoms with Gasteiger partial charge in [-0.2, -0.15) is 0 Å². The minimum absolute atomic E-state index is 0.335. The van der Waals surface area contributed by atoms with E-state index in [-0.39, 0.29) is 0 Å². The fourth-order valence-electron chi connectivity index (χ4n) is 1.25. The molecule has 0 aromatic carbocycles. The second kappa shape index (κ2) is 3.67. The first-order valence-corrected chi connectivity index (χ1v) is 5.05. The van der Waals surface area contributed by atoms with E-state index in [1.807, 2.05) is 22.1 Å². The van der Waals surface area contributed by atoms with Crippen LogP contribution in [0.2, 0.25) is 0 Å². The molecule has 1 N–H and O–H groups in total. The average molecular weight is 207 g/mol. The van der Waals surface area contributed by atoms with Crippen LogP contribution in [0.3, 0.4) is 0 Å². The molecular formula is C10H9NO2S. The molecule has 2 aromatic rings. The molecule has 0 fully saturated rings. The van der Waals surface area contributed by atoms with Crippen molar-refractivity contribution in [1.82, 2.24) is 4.57 Å². The normalized spacial score (nSPS) is 10.3. The second-order valence-corrected chi connectivity index (χ2v) is 3.99. The molecule has 14 heavy (non-hydrogen) atoms. The zero-order valence-electron chi connectivity index (χ0n) is 7.38. The number of aromatic carboxylic acids is 1. The van der Waals surface area contributed by atoms with Crippen molar-refractivity contribution < 1.29 is 9.90 Å². The fraction of sp³-hybridized carbons (Fsp3) is 0.100. The van der Waals surface area contributed by atoms with Crippen LogP contribution in [0.1, 0.15) is 15.2 Å². The van der Waals surface area contributed by atoms with Crippen molar-refractivity contribution in [3.63, 3.8) is 0 Å². The van der Waals surface area contributed by atoms with Gasteiger partial charge >= 0.3 is 5.97 Å². The van der Waals surface area contributed by atoms with Crippen LogP contribution >= 0.6 is 11.3 Å². The molecule has 0 amide bonds. The number of carboxylic acid groups (broad SMARTS) is 1. The molecular weight excluding hydrogens is 198 g/mol. The van der Waals surface area contributed by atoms with Gasteiger partial charge in [-0.25, -0.2) is 4.79 Å². The molecule has 0 radical (unpaired) electrons. The van der Waals surface area contributed by atoms with E-state index in [9.17, 15) is 4.79 Å². The topological polar surface area (TPSA) is 42.2 Å². The highest BCUT2D eigenvalue weighted by atomic mass is 32.1. The molecule has 0 aliphatic heterocycles. The van der Waals surface area contributed by atoms with Crippen LogP contribution in [0.5, 0.6) is 0 Å². The van der Waals surface area contributed by atoms with E-state index < -0.39 is 5.97 Å². The molecule has 2 heterocycles. The summed E-state index contributed by atoms with van der Waals surface area (Å²) in [5.74, 6) is -0.880. The number of hydrogen-bond acceptors (Lipinski definition) is 2. The van der Waals surface area contributed by atoms with Gasteiger partial charge < -0.3 is 9.67 Å². The summed E-state index contributed by atoms with van der Waals surface area (Å²) in [5.41, 5.74) is 0.335. The third-order valence-corrected chi connectivity index (χ3v) is 2.78. The van der Waals surface area contributed by atoms with E-state index in [1.165, 1.54) is 4.88 Å². The molecule has 0 aliphatic carbocycles. The largest absolute Gasteiger partial charge is 0.478 e. The quantitative estimate of drug-likeness (QED) is 0.839. The summed E-state index contributed by atoms with van der Waals surface area (Å²) in [7, 11) is 0. The molecule has 3 nitrogen and oxygen atoms in total. The van der Waals surface area contributed by atoms with Gasteiger partial charge in [0.15, 0.2) is 0 Å². The Morgan fingerprint density at radius 2 is 2.36 bits per heavy atom. The van der Waals surface area contributed by atoms with Gasteiger partial charge in [-0.1, -0.05) is 6.07 Å². The van der Waals surface area contributed by atoms with Gasteiger partial charge in [0.05, 0.1) is 12.1 Å². The molecule has 0 unspecified atom stereocenters. The summed E-state index contributed by atoms with van der Waals surface area (Å²) in [4.78, 5) is 11.8. The van der Waals surface area contributed by atoms with Crippen molar-refractivity contribution in [1.29, 1.82) is 0 Å². The SMILES string of the molecule is O=C(O)c1ccn(Cc2cccs2)c1. The van der Waals surface area contributed by atoms with Crippen molar-refractivity contribution in [3.05, 3.63) is 46.4 Å². The van der Waals surface area contributed by atoms with Crippen LogP contribution < -0.4 is 0 Å². The molecule has 0 saturated carbocycles. The number of carboxylic acids is 1. The maximum Gasteiger partial charge on any atom is 0.337 e. The molecule has 2 aromatic heterocycles. The molecule has 0 bridgehead atoms. The first-order valence-electron chi connectivity index (χ1n) is 4.17. The van der Waals surface area contributed by atoms with E-state index in [0.29, 0.717) is 5.56 Å². The van der Waals surface area contributed by atoms with E-state index in [4.69, 9.17) is 5.11 Å². The molecule has 0 spiro atoms. The number of thiophene rings is 1. The molecule has 4 heteroatoms. The predicted molar refractivity (Wildman–Crippen MR) is 54.8 cm³/mol. The van der Waals surface area contributed by atoms with Gasteiger partial charge in [-0.05, 0) is 17.5 Å². The van der Waals surface area contributed by atoms with Gasteiger partial charge in [0.2, 0.25) is 0 Å². The molecule has 2 rings (SSSR count). The summed E-state index contributed by atoms with van der Waals surface area (Å²) >= 11 is 1.67. The van der Waals surface area contributed by atoms with Crippen molar-refractivity contribution in [2.75, 3.05) is 0 Å². The summed E-state index contributed by atoms with van der Waals surface area (Å²) in [6, 6.07) is 5.63. The Labute approximate surface area is 85.2 Å². The lowest BCUT2D eigenvalue weighted by molar-refractivity contribution is 0.0697. The van der Waals surface area contributed by atoms with Crippen LogP contribution in [0.4, 0.5) is 0 Å². The highest BCUT2D eigenvalue weighted by Crippen LogP contribution is 2.11. The van der Waals surface area contributed by atoms with Gasteiger partial charge in [0.1, 0.15) is 0 Å². The third-order valence-electron chi connectivity index (χ3n) is 1.92. The lowest BCUT2D eigenvalue weighted by Crippen LogP contribution is -1.96. The van der Waals surface area contributed by atoms with Gasteiger partial charge in [-0.3, -0.25) is 0 Å². The number of aromatic nitrogens is 1. The van der Waals surface area contributed by atoms with Gasteiger partial charge in [-0.15, -0.1) is 11.3 Å². The maximum atomic E-state index is 10.6. The first-order chi connectivity index (χ1) is 6.75. The highest BCUT2D eigenvalue weighted by molar-refractivity contribution is 7.09. The molecule has 0 aliphatic rings. The first kappa shape index (κ1) is 9.02. The average Bonchev–Trinajstić information content (AvgIpc) is 2.75. The van der Waals surface area contributed by atoms with Crippen molar-refractivity contribution >= 4 is 17.3 Å². The van der Waals surface area contributed by atoms with Crippen LogP contribution in [-0.4, -0.2) is 15.6 Å². The Morgan fingerprint density at radius 1 is 1.50 bits per heavy atom. The summed E-state index contributed by atoms with van der Waals surface area (Å²) < 4.78 is 1.87. The Hall–Kier alpha value is -1.55. The summed E-state index contributed by atoms with van der Waals surface area (Å²) in [5, 5.41) is 10.7. The second-order valence-electron chi connectivity index (χ2n) is 2.96. The monoisotopic (exact) mass is 207 g/mol. The standard InChI is InChI=1S/C10H9NO2S/c12-10(13)8-3-4-11(6-8)7-9-2-1-5-14-9/h1-6H,7H2,(H,12,13). The van der Waals surface area contributed by atoms with Crippen molar-refractivity contribution in [2.24, 2.45) is 0 Å². The summed E-state index contributed by atoms with van der Waals surface area (Å²) in [6.07, 6.45) is 3.42. The minimum Gasteiger partial charge on any atom is -0.478 e. The van der Waals surface area contributed by atoms with Crippen LogP contribution in [0.25, 0.3) is 0 Å². The number of carbonyl (C=O) groups is 1. The Balaban J connectivity index is 2.14. The van der Waals surface area contributed by atoms with Crippen LogP contribution in [0, 0.1) is 0 Å². The molecule has 72 valence electrons. The Morgan fingerprint density at radius 3 is 2.93 bits per heavy atom. The smallest absolute Gasteiger partial charge is 0.337 e. The zero-order chi connectivity index (χ0) is 9.97. The van der Waals surface area contributed by atoms with E-state index in [2.05, 4.69) is 0 Å². The highest BCUT2D eigenvalue weighted by Gasteiger charge is 2.04. The Bertz CT molecular complexity index is 431. The molecule has 0 atom stereocenters. The zero-order valence-corrected chi connectivity index (χ0v) is 8.20. The number of hydrogen-bond donors (Lipinski definition) is 1. The lowest BCUT2D eigenvalue weighted by Gasteiger charge is -1.98. The van der Waals surface area contributed by atoms with E-state index >= 15 is 0 Å². The number of rotatable bonds is 3. The van der Waals surface area contributed by atoms with Crippen LogP contribution in [0.15, 0.2) is 36.0 Å². The van der Waals surface area contributed by atoms with E-state index in [0.717, 1.165) is 6.54 Å². The molecule has 0 saturated heterocycles. The predicted octanol–water partition coefficient (Wildman–Crippen LogP) is 2.30. The van der Waals surface area contributed by atoms with Gasteiger partial charge in [0.25, 0.3) is 0 Å². The lowest BCUT2D eigenvalue weighted by atomic mass is 10.4. The number of nitrogens with zero attached hydrogens (tertiary/aromatic N) is 1. The van der Waals surface area contributed by atoms with Crippen molar-refractivity contribution in [3.8, 4) is 0 Å².